The summed E-state index contributed by atoms with van der Waals surface area (Å²) in [6.45, 7) is 1.95. The van der Waals surface area contributed by atoms with E-state index in [0.29, 0.717) is 22.6 Å². The van der Waals surface area contributed by atoms with Crippen LogP contribution in [0.15, 0.2) is 109 Å². The fourth-order valence-electron chi connectivity index (χ4n) is 4.15. The van der Waals surface area contributed by atoms with E-state index in [0.717, 1.165) is 22.3 Å². The van der Waals surface area contributed by atoms with Crippen molar-refractivity contribution in [2.75, 3.05) is 22.6 Å². The van der Waals surface area contributed by atoms with Crippen LogP contribution in [0.25, 0.3) is 22.8 Å². The molecule has 0 spiro atoms. The number of aromatic nitrogens is 2. The van der Waals surface area contributed by atoms with E-state index in [2.05, 4.69) is 20.9 Å². The molecular weight excluding hydrogens is 518 g/mol. The van der Waals surface area contributed by atoms with Gasteiger partial charge in [-0.25, -0.2) is 9.78 Å². The number of fused-ring (bicyclic) bond motifs is 1. The summed E-state index contributed by atoms with van der Waals surface area (Å²) in [5.74, 6) is -0.621. The second-order valence-electron chi connectivity index (χ2n) is 8.94. The maximum atomic E-state index is 12.9. The van der Waals surface area contributed by atoms with Crippen molar-refractivity contribution in [1.29, 1.82) is 0 Å². The number of para-hydroxylation sites is 3. The molecular formula is C32H27N5O4. The molecule has 0 aliphatic heterocycles. The largest absolute Gasteiger partial charge is 0.450 e. The number of hydrogen-bond donors (Lipinski definition) is 3. The number of nitrogens with zero attached hydrogens (tertiary/aromatic N) is 2. The van der Waals surface area contributed by atoms with Crippen molar-refractivity contribution in [1.82, 2.24) is 9.55 Å². The summed E-state index contributed by atoms with van der Waals surface area (Å²) in [6, 6.07) is 29.2. The molecule has 9 nitrogen and oxygen atoms in total. The van der Waals surface area contributed by atoms with Gasteiger partial charge in [0, 0.05) is 23.0 Å². The number of imidazole rings is 1. The molecule has 0 aliphatic rings. The van der Waals surface area contributed by atoms with E-state index in [1.165, 1.54) is 6.08 Å². The van der Waals surface area contributed by atoms with E-state index in [-0.39, 0.29) is 18.4 Å². The van der Waals surface area contributed by atoms with E-state index in [1.54, 1.807) is 80.0 Å². The molecule has 5 aromatic rings. The predicted octanol–water partition coefficient (Wildman–Crippen LogP) is 6.50. The third-order valence-electron chi connectivity index (χ3n) is 6.14. The Bertz CT molecular complexity index is 1730. The fourth-order valence-corrected chi connectivity index (χ4v) is 4.15. The van der Waals surface area contributed by atoms with E-state index in [4.69, 9.17) is 4.74 Å². The topological polar surface area (TPSA) is 114 Å². The molecule has 0 radical (unpaired) electrons. The first-order chi connectivity index (χ1) is 20.0. The van der Waals surface area contributed by atoms with E-state index < -0.39 is 6.09 Å². The second-order valence-corrected chi connectivity index (χ2v) is 8.94. The van der Waals surface area contributed by atoms with Crippen molar-refractivity contribution in [3.63, 3.8) is 0 Å². The lowest BCUT2D eigenvalue weighted by Gasteiger charge is -2.11. The summed E-state index contributed by atoms with van der Waals surface area (Å²) in [7, 11) is 0. The predicted molar refractivity (Wildman–Crippen MR) is 160 cm³/mol. The normalized spacial score (nSPS) is 10.9. The molecule has 204 valence electrons. The van der Waals surface area contributed by atoms with Gasteiger partial charge in [-0.3, -0.25) is 19.5 Å². The summed E-state index contributed by atoms with van der Waals surface area (Å²) < 4.78 is 6.87. The second kappa shape index (κ2) is 12.4. The summed E-state index contributed by atoms with van der Waals surface area (Å²) in [5, 5.41) is 8.24. The maximum Gasteiger partial charge on any atom is 0.411 e. The molecule has 5 rings (SSSR count). The van der Waals surface area contributed by atoms with Crippen LogP contribution in [0.3, 0.4) is 0 Å². The number of anilines is 3. The van der Waals surface area contributed by atoms with Crippen LogP contribution in [-0.4, -0.2) is 34.1 Å². The minimum Gasteiger partial charge on any atom is -0.450 e. The molecule has 41 heavy (non-hydrogen) atoms. The molecule has 4 aromatic carbocycles. The Morgan fingerprint density at radius 3 is 2.27 bits per heavy atom. The lowest BCUT2D eigenvalue weighted by Crippen LogP contribution is -2.16. The number of carbonyl (C=O) groups is 3. The molecule has 0 saturated carbocycles. The summed E-state index contributed by atoms with van der Waals surface area (Å²) in [6.07, 6.45) is 4.18. The summed E-state index contributed by atoms with van der Waals surface area (Å²) >= 11 is 0. The van der Waals surface area contributed by atoms with Gasteiger partial charge in [-0.1, -0.05) is 42.5 Å². The van der Waals surface area contributed by atoms with Crippen LogP contribution in [-0.2, 0) is 9.53 Å². The van der Waals surface area contributed by atoms with Crippen LogP contribution < -0.4 is 16.0 Å². The van der Waals surface area contributed by atoms with Crippen molar-refractivity contribution >= 4 is 52.1 Å². The summed E-state index contributed by atoms with van der Waals surface area (Å²) in [4.78, 5) is 41.6. The molecule has 0 atom stereocenters. The first kappa shape index (κ1) is 26.9. The highest BCUT2D eigenvalue weighted by Gasteiger charge is 2.11. The zero-order valence-electron chi connectivity index (χ0n) is 22.2. The molecule has 3 N–H and O–H groups in total. The van der Waals surface area contributed by atoms with Crippen LogP contribution >= 0.6 is 0 Å². The lowest BCUT2D eigenvalue weighted by molar-refractivity contribution is -0.111. The monoisotopic (exact) mass is 545 g/mol. The van der Waals surface area contributed by atoms with Crippen molar-refractivity contribution in [2.45, 2.75) is 6.92 Å². The smallest absolute Gasteiger partial charge is 0.411 e. The molecule has 9 heteroatoms. The van der Waals surface area contributed by atoms with Crippen molar-refractivity contribution in [3.8, 4) is 5.69 Å². The summed E-state index contributed by atoms with van der Waals surface area (Å²) in [5.41, 5.74) is 5.37. The number of ether oxygens (including phenoxy) is 1. The number of benzene rings is 4. The van der Waals surface area contributed by atoms with Gasteiger partial charge in [0.15, 0.2) is 0 Å². The third kappa shape index (κ3) is 6.66. The lowest BCUT2D eigenvalue weighted by atomic mass is 10.1. The van der Waals surface area contributed by atoms with Gasteiger partial charge in [0.1, 0.15) is 6.33 Å². The average Bonchev–Trinajstić information content (AvgIpc) is 3.42. The van der Waals surface area contributed by atoms with Crippen molar-refractivity contribution in [3.05, 3.63) is 121 Å². The molecule has 1 heterocycles. The Kier molecular flexibility index (Phi) is 8.16. The maximum absolute atomic E-state index is 12.9. The van der Waals surface area contributed by atoms with Gasteiger partial charge >= 0.3 is 6.09 Å². The first-order valence-electron chi connectivity index (χ1n) is 13.0. The third-order valence-corrected chi connectivity index (χ3v) is 6.14. The molecule has 0 fully saturated rings. The van der Waals surface area contributed by atoms with Crippen molar-refractivity contribution < 1.29 is 19.1 Å². The number of hydrogen-bond acceptors (Lipinski definition) is 5. The zero-order valence-corrected chi connectivity index (χ0v) is 22.2. The van der Waals surface area contributed by atoms with E-state index in [9.17, 15) is 14.4 Å². The SMILES string of the molecule is CCOC(=O)Nc1ccccc1NC(=O)/C=C/c1ccc(NC(=O)c2ccc3c(c2)ncn3-c2ccccc2)cc1. The van der Waals surface area contributed by atoms with Crippen LogP contribution in [0.4, 0.5) is 21.9 Å². The quantitative estimate of drug-likeness (QED) is 0.193. The fraction of sp³-hybridized carbons (Fsp3) is 0.0625. The first-order valence-corrected chi connectivity index (χ1v) is 13.0. The van der Waals surface area contributed by atoms with E-state index >= 15 is 0 Å². The Balaban J connectivity index is 1.19. The van der Waals surface area contributed by atoms with E-state index in [1.807, 2.05) is 41.0 Å². The molecule has 1 aromatic heterocycles. The highest BCUT2D eigenvalue weighted by molar-refractivity contribution is 6.06. The number of nitrogens with one attached hydrogen (secondary N) is 3. The van der Waals surface area contributed by atoms with Gasteiger partial charge in [0.05, 0.1) is 29.0 Å². The highest BCUT2D eigenvalue weighted by atomic mass is 16.5. The van der Waals surface area contributed by atoms with Gasteiger partial charge in [-0.2, -0.15) is 0 Å². The Morgan fingerprint density at radius 2 is 1.54 bits per heavy atom. The zero-order chi connectivity index (χ0) is 28.6. The molecule has 0 unspecified atom stereocenters. The van der Waals surface area contributed by atoms with Crippen LogP contribution in [0, 0.1) is 0 Å². The molecule has 0 aliphatic carbocycles. The number of carbonyl (C=O) groups excluding carboxylic acids is 3. The minimum absolute atomic E-state index is 0.239. The number of rotatable bonds is 8. The average molecular weight is 546 g/mol. The Labute approximate surface area is 236 Å². The minimum atomic E-state index is -0.601. The van der Waals surface area contributed by atoms with Gasteiger partial charge < -0.3 is 15.4 Å². The van der Waals surface area contributed by atoms with Crippen LogP contribution in [0.5, 0.6) is 0 Å². The van der Waals surface area contributed by atoms with Crippen LogP contribution in [0.2, 0.25) is 0 Å². The van der Waals surface area contributed by atoms with Gasteiger partial charge in [0.2, 0.25) is 5.91 Å². The van der Waals surface area contributed by atoms with Crippen LogP contribution in [0.1, 0.15) is 22.8 Å². The molecule has 3 amide bonds. The van der Waals surface area contributed by atoms with Gasteiger partial charge in [0.25, 0.3) is 5.91 Å². The number of amides is 3. The standard InChI is InChI=1S/C32H27N5O4/c1-2-41-32(40)36-27-11-7-6-10-26(27)35-30(38)19-14-22-12-16-24(17-13-22)34-31(39)23-15-18-29-28(20-23)33-21-37(29)25-8-4-3-5-9-25/h3-21H,2H2,1H3,(H,34,39)(H,35,38)(H,36,40)/b19-14+. The Morgan fingerprint density at radius 1 is 0.829 bits per heavy atom. The molecule has 0 bridgehead atoms. The van der Waals surface area contributed by atoms with Gasteiger partial charge in [-0.05, 0) is 73.2 Å². The highest BCUT2D eigenvalue weighted by Crippen LogP contribution is 2.22. The molecule has 0 saturated heterocycles. The Hall–Kier alpha value is -5.70. The van der Waals surface area contributed by atoms with Gasteiger partial charge in [-0.15, -0.1) is 0 Å². The van der Waals surface area contributed by atoms with Crippen molar-refractivity contribution in [2.24, 2.45) is 0 Å².